The van der Waals surface area contributed by atoms with Crippen LogP contribution in [0.5, 0.6) is 0 Å². The standard InChI is InChI=1S/C10H21NO5/c1-10(2,3)16-9(14)11-7(8(12)13)5-6-15-4/h7-8,12-13H,5-6H2,1-4H3,(H,11,14)/t7-/m0/s1. The van der Waals surface area contributed by atoms with Gasteiger partial charge in [0.1, 0.15) is 5.60 Å². The molecule has 0 aliphatic rings. The largest absolute Gasteiger partial charge is 0.444 e. The number of amides is 1. The first-order chi connectivity index (χ1) is 7.26. The van der Waals surface area contributed by atoms with E-state index in [9.17, 15) is 4.79 Å². The summed E-state index contributed by atoms with van der Waals surface area (Å²) in [4.78, 5) is 11.3. The number of alkyl carbamates (subject to hydrolysis) is 1. The summed E-state index contributed by atoms with van der Waals surface area (Å²) in [6.45, 7) is 5.50. The van der Waals surface area contributed by atoms with Crippen LogP contribution in [0.25, 0.3) is 0 Å². The van der Waals surface area contributed by atoms with Crippen molar-refractivity contribution < 1.29 is 24.5 Å². The molecule has 0 aromatic rings. The van der Waals surface area contributed by atoms with Gasteiger partial charge in [-0.05, 0) is 27.2 Å². The van der Waals surface area contributed by atoms with Crippen molar-refractivity contribution in [2.45, 2.75) is 45.1 Å². The fraction of sp³-hybridized carbons (Fsp3) is 0.900. The van der Waals surface area contributed by atoms with E-state index in [0.29, 0.717) is 13.0 Å². The van der Waals surface area contributed by atoms with Crippen LogP contribution in [0.4, 0.5) is 4.79 Å². The molecule has 0 aliphatic carbocycles. The molecule has 0 rings (SSSR count). The van der Waals surface area contributed by atoms with E-state index in [0.717, 1.165) is 0 Å². The normalized spacial score (nSPS) is 13.7. The lowest BCUT2D eigenvalue weighted by Crippen LogP contribution is -2.46. The van der Waals surface area contributed by atoms with Gasteiger partial charge in [0.05, 0.1) is 6.04 Å². The molecule has 0 spiro atoms. The van der Waals surface area contributed by atoms with E-state index < -0.39 is 24.0 Å². The molecule has 6 heteroatoms. The van der Waals surface area contributed by atoms with Gasteiger partial charge >= 0.3 is 6.09 Å². The van der Waals surface area contributed by atoms with Crippen LogP contribution in [-0.4, -0.2) is 48.0 Å². The maximum Gasteiger partial charge on any atom is 0.408 e. The molecule has 0 aliphatic heterocycles. The first kappa shape index (κ1) is 15.2. The molecule has 3 N–H and O–H groups in total. The number of methoxy groups -OCH3 is 1. The Labute approximate surface area is 95.6 Å². The van der Waals surface area contributed by atoms with Gasteiger partial charge in [0.15, 0.2) is 6.29 Å². The summed E-state index contributed by atoms with van der Waals surface area (Å²) in [7, 11) is 1.49. The SMILES string of the molecule is COCC[C@H](NC(=O)OC(C)(C)C)C(O)O. The minimum Gasteiger partial charge on any atom is -0.444 e. The van der Waals surface area contributed by atoms with Crippen molar-refractivity contribution in [2.75, 3.05) is 13.7 Å². The van der Waals surface area contributed by atoms with Crippen LogP contribution in [0.3, 0.4) is 0 Å². The minimum absolute atomic E-state index is 0.299. The third-order valence-electron chi connectivity index (χ3n) is 1.69. The van der Waals surface area contributed by atoms with Gasteiger partial charge in [-0.25, -0.2) is 4.79 Å². The molecular weight excluding hydrogens is 214 g/mol. The van der Waals surface area contributed by atoms with Crippen molar-refractivity contribution in [1.29, 1.82) is 0 Å². The van der Waals surface area contributed by atoms with Crippen LogP contribution in [0.2, 0.25) is 0 Å². The average Bonchev–Trinajstić information content (AvgIpc) is 2.08. The van der Waals surface area contributed by atoms with Gasteiger partial charge in [-0.15, -0.1) is 0 Å². The monoisotopic (exact) mass is 235 g/mol. The molecular formula is C10H21NO5. The number of aliphatic hydroxyl groups is 2. The van der Waals surface area contributed by atoms with Crippen molar-refractivity contribution in [3.63, 3.8) is 0 Å². The van der Waals surface area contributed by atoms with E-state index in [4.69, 9.17) is 19.7 Å². The quantitative estimate of drug-likeness (QED) is 0.594. The molecule has 0 bridgehead atoms. The third-order valence-corrected chi connectivity index (χ3v) is 1.69. The van der Waals surface area contributed by atoms with E-state index in [2.05, 4.69) is 5.32 Å². The molecule has 6 nitrogen and oxygen atoms in total. The molecule has 0 fully saturated rings. The lowest BCUT2D eigenvalue weighted by molar-refractivity contribution is -0.0732. The Hall–Kier alpha value is -0.850. The number of carbonyl (C=O) groups excluding carboxylic acids is 1. The smallest absolute Gasteiger partial charge is 0.408 e. The molecule has 0 aromatic carbocycles. The summed E-state index contributed by atoms with van der Waals surface area (Å²) >= 11 is 0. The zero-order valence-corrected chi connectivity index (χ0v) is 10.2. The number of ether oxygens (including phenoxy) is 2. The highest BCUT2D eigenvalue weighted by atomic mass is 16.6. The molecule has 0 heterocycles. The Bertz CT molecular complexity index is 212. The second kappa shape index (κ2) is 6.67. The Morgan fingerprint density at radius 2 is 1.94 bits per heavy atom. The summed E-state index contributed by atoms with van der Waals surface area (Å²) in [5, 5.41) is 20.4. The maximum atomic E-state index is 11.3. The highest BCUT2D eigenvalue weighted by molar-refractivity contribution is 5.68. The topological polar surface area (TPSA) is 88.0 Å². The molecule has 1 amide bonds. The summed E-state index contributed by atoms with van der Waals surface area (Å²) in [5.74, 6) is 0. The number of hydrogen-bond acceptors (Lipinski definition) is 5. The Balaban J connectivity index is 4.13. The van der Waals surface area contributed by atoms with E-state index >= 15 is 0 Å². The van der Waals surface area contributed by atoms with Crippen LogP contribution in [0, 0.1) is 0 Å². The number of nitrogens with one attached hydrogen (secondary N) is 1. The van der Waals surface area contributed by atoms with Crippen LogP contribution in [-0.2, 0) is 9.47 Å². The zero-order chi connectivity index (χ0) is 12.8. The Kier molecular flexibility index (Phi) is 6.32. The van der Waals surface area contributed by atoms with Gasteiger partial charge < -0.3 is 25.0 Å². The lowest BCUT2D eigenvalue weighted by atomic mass is 10.2. The van der Waals surface area contributed by atoms with Gasteiger partial charge in [-0.1, -0.05) is 0 Å². The van der Waals surface area contributed by atoms with Gasteiger partial charge in [-0.3, -0.25) is 0 Å². The number of hydrogen-bond donors (Lipinski definition) is 3. The van der Waals surface area contributed by atoms with Gasteiger partial charge in [-0.2, -0.15) is 0 Å². The highest BCUT2D eigenvalue weighted by Crippen LogP contribution is 2.07. The second-order valence-electron chi connectivity index (χ2n) is 4.45. The molecule has 0 saturated heterocycles. The van der Waals surface area contributed by atoms with Crippen molar-refractivity contribution in [3.05, 3.63) is 0 Å². The Morgan fingerprint density at radius 3 is 2.31 bits per heavy atom. The van der Waals surface area contributed by atoms with Gasteiger partial charge in [0.2, 0.25) is 0 Å². The third kappa shape index (κ3) is 7.44. The van der Waals surface area contributed by atoms with Crippen molar-refractivity contribution in [2.24, 2.45) is 0 Å². The lowest BCUT2D eigenvalue weighted by Gasteiger charge is -2.24. The number of rotatable bonds is 5. The maximum absolute atomic E-state index is 11.3. The van der Waals surface area contributed by atoms with E-state index in [-0.39, 0.29) is 0 Å². The van der Waals surface area contributed by atoms with E-state index in [1.807, 2.05) is 0 Å². The zero-order valence-electron chi connectivity index (χ0n) is 10.2. The summed E-state index contributed by atoms with van der Waals surface area (Å²) in [6, 6.07) is -0.796. The fourth-order valence-electron chi connectivity index (χ4n) is 1.000. The molecule has 0 unspecified atom stereocenters. The predicted molar refractivity (Wildman–Crippen MR) is 57.9 cm³/mol. The summed E-state index contributed by atoms with van der Waals surface area (Å²) < 4.78 is 9.78. The van der Waals surface area contributed by atoms with Crippen LogP contribution < -0.4 is 5.32 Å². The molecule has 16 heavy (non-hydrogen) atoms. The molecule has 0 aromatic heterocycles. The van der Waals surface area contributed by atoms with Crippen LogP contribution in [0.1, 0.15) is 27.2 Å². The van der Waals surface area contributed by atoms with Crippen molar-refractivity contribution in [1.82, 2.24) is 5.32 Å². The molecule has 96 valence electrons. The molecule has 0 radical (unpaired) electrons. The summed E-state index contributed by atoms with van der Waals surface area (Å²) in [6.07, 6.45) is -2.02. The summed E-state index contributed by atoms with van der Waals surface area (Å²) in [5.41, 5.74) is -0.615. The van der Waals surface area contributed by atoms with Crippen LogP contribution >= 0.6 is 0 Å². The molecule has 1 atom stereocenters. The first-order valence-corrected chi connectivity index (χ1v) is 5.11. The van der Waals surface area contributed by atoms with E-state index in [1.54, 1.807) is 20.8 Å². The van der Waals surface area contributed by atoms with Crippen molar-refractivity contribution in [3.8, 4) is 0 Å². The first-order valence-electron chi connectivity index (χ1n) is 5.11. The predicted octanol–water partition coefficient (Wildman–Crippen LogP) is 0.227. The fourth-order valence-corrected chi connectivity index (χ4v) is 1.000. The van der Waals surface area contributed by atoms with Gasteiger partial charge in [0.25, 0.3) is 0 Å². The van der Waals surface area contributed by atoms with E-state index in [1.165, 1.54) is 7.11 Å². The average molecular weight is 235 g/mol. The number of aliphatic hydroxyl groups excluding tert-OH is 1. The Morgan fingerprint density at radius 1 is 1.38 bits per heavy atom. The second-order valence-corrected chi connectivity index (χ2v) is 4.45. The van der Waals surface area contributed by atoms with Gasteiger partial charge in [0, 0.05) is 13.7 Å². The van der Waals surface area contributed by atoms with Crippen LogP contribution in [0.15, 0.2) is 0 Å². The molecule has 0 saturated carbocycles. The number of carbonyl (C=O) groups is 1. The highest BCUT2D eigenvalue weighted by Gasteiger charge is 2.22. The van der Waals surface area contributed by atoms with Crippen molar-refractivity contribution >= 4 is 6.09 Å². The minimum atomic E-state index is -1.64.